The van der Waals surface area contributed by atoms with Crippen LogP contribution in [0.4, 0.5) is 5.69 Å². The van der Waals surface area contributed by atoms with E-state index in [0.29, 0.717) is 5.57 Å². The summed E-state index contributed by atoms with van der Waals surface area (Å²) in [5, 5.41) is 0. The zero-order chi connectivity index (χ0) is 12.8. The molecule has 0 saturated carbocycles. The van der Waals surface area contributed by atoms with Gasteiger partial charge in [-0.3, -0.25) is 0 Å². The minimum atomic E-state index is -0.411. The van der Waals surface area contributed by atoms with Crippen LogP contribution in [0.2, 0.25) is 0 Å². The van der Waals surface area contributed by atoms with Gasteiger partial charge in [0.2, 0.25) is 0 Å². The second kappa shape index (κ2) is 5.89. The molecule has 17 heavy (non-hydrogen) atoms. The lowest BCUT2D eigenvalue weighted by Gasteiger charge is -2.11. The van der Waals surface area contributed by atoms with Gasteiger partial charge in [0.15, 0.2) is 0 Å². The van der Waals surface area contributed by atoms with Crippen molar-refractivity contribution in [2.75, 3.05) is 26.1 Å². The Morgan fingerprint density at radius 1 is 1.29 bits per heavy atom. The summed E-state index contributed by atoms with van der Waals surface area (Å²) in [4.78, 5) is 13.1. The van der Waals surface area contributed by atoms with Gasteiger partial charge >= 0.3 is 5.97 Å². The van der Waals surface area contributed by atoms with Crippen LogP contribution in [-0.2, 0) is 9.53 Å². The van der Waals surface area contributed by atoms with E-state index in [1.807, 2.05) is 49.3 Å². The third-order valence-corrected chi connectivity index (χ3v) is 2.33. The van der Waals surface area contributed by atoms with E-state index in [2.05, 4.69) is 11.3 Å². The molecular formula is C14H17NO2. The molecule has 0 atom stereocenters. The van der Waals surface area contributed by atoms with Crippen molar-refractivity contribution < 1.29 is 9.53 Å². The van der Waals surface area contributed by atoms with Gasteiger partial charge in [0.1, 0.15) is 0 Å². The van der Waals surface area contributed by atoms with E-state index >= 15 is 0 Å². The molecule has 90 valence electrons. The predicted molar refractivity (Wildman–Crippen MR) is 71.0 cm³/mol. The van der Waals surface area contributed by atoms with Gasteiger partial charge in [-0.25, -0.2) is 4.79 Å². The minimum absolute atomic E-state index is 0.337. The number of esters is 1. The Morgan fingerprint density at radius 3 is 2.35 bits per heavy atom. The monoisotopic (exact) mass is 231 g/mol. The molecule has 0 aliphatic carbocycles. The van der Waals surface area contributed by atoms with E-state index in [0.717, 1.165) is 11.3 Å². The van der Waals surface area contributed by atoms with Gasteiger partial charge in [-0.1, -0.05) is 24.8 Å². The molecule has 0 aromatic heterocycles. The number of carbonyl (C=O) groups is 1. The molecule has 0 aliphatic heterocycles. The molecule has 0 spiro atoms. The number of ether oxygens (including phenoxy) is 1. The molecule has 1 aromatic rings. The summed E-state index contributed by atoms with van der Waals surface area (Å²) >= 11 is 0. The standard InChI is InChI=1S/C14H17NO2/c1-11(14(16)17-4)5-6-12-7-9-13(10-8-12)15(2)3/h5-10H,1H2,2-4H3. The summed E-state index contributed by atoms with van der Waals surface area (Å²) in [7, 11) is 5.32. The first-order chi connectivity index (χ1) is 8.04. The van der Waals surface area contributed by atoms with E-state index in [1.54, 1.807) is 6.08 Å². The van der Waals surface area contributed by atoms with Crippen LogP contribution >= 0.6 is 0 Å². The average Bonchev–Trinajstić information content (AvgIpc) is 2.35. The number of hydrogen-bond donors (Lipinski definition) is 0. The second-order valence-electron chi connectivity index (χ2n) is 3.84. The number of rotatable bonds is 4. The van der Waals surface area contributed by atoms with E-state index in [4.69, 9.17) is 0 Å². The number of nitrogens with zero attached hydrogens (tertiary/aromatic N) is 1. The van der Waals surface area contributed by atoms with Gasteiger partial charge < -0.3 is 9.64 Å². The van der Waals surface area contributed by atoms with Crippen LogP contribution in [0.3, 0.4) is 0 Å². The van der Waals surface area contributed by atoms with Crippen molar-refractivity contribution in [1.29, 1.82) is 0 Å². The molecule has 0 fully saturated rings. The van der Waals surface area contributed by atoms with Crippen LogP contribution in [0.25, 0.3) is 6.08 Å². The quantitative estimate of drug-likeness (QED) is 0.453. The van der Waals surface area contributed by atoms with E-state index < -0.39 is 5.97 Å². The van der Waals surface area contributed by atoms with Crippen LogP contribution < -0.4 is 4.90 Å². The lowest BCUT2D eigenvalue weighted by molar-refractivity contribution is -0.135. The maximum Gasteiger partial charge on any atom is 0.337 e. The molecule has 0 radical (unpaired) electrons. The highest BCUT2D eigenvalue weighted by atomic mass is 16.5. The van der Waals surface area contributed by atoms with Gasteiger partial charge in [-0.15, -0.1) is 0 Å². The predicted octanol–water partition coefficient (Wildman–Crippen LogP) is 2.50. The number of carbonyl (C=O) groups excluding carboxylic acids is 1. The zero-order valence-electron chi connectivity index (χ0n) is 10.4. The van der Waals surface area contributed by atoms with Gasteiger partial charge in [0, 0.05) is 19.8 Å². The Hall–Kier alpha value is -2.03. The molecule has 0 unspecified atom stereocenters. The SMILES string of the molecule is C=C(C=Cc1ccc(N(C)C)cc1)C(=O)OC. The van der Waals surface area contributed by atoms with Crippen molar-refractivity contribution in [1.82, 2.24) is 0 Å². The van der Waals surface area contributed by atoms with Crippen LogP contribution in [-0.4, -0.2) is 27.2 Å². The summed E-state index contributed by atoms with van der Waals surface area (Å²) < 4.78 is 4.55. The van der Waals surface area contributed by atoms with Crippen molar-refractivity contribution in [2.45, 2.75) is 0 Å². The summed E-state index contributed by atoms with van der Waals surface area (Å²) in [5.41, 5.74) is 2.48. The average molecular weight is 231 g/mol. The molecule has 0 N–H and O–H groups in total. The topological polar surface area (TPSA) is 29.5 Å². The highest BCUT2D eigenvalue weighted by molar-refractivity contribution is 5.92. The van der Waals surface area contributed by atoms with Gasteiger partial charge in [-0.2, -0.15) is 0 Å². The number of benzene rings is 1. The number of methoxy groups -OCH3 is 1. The summed E-state index contributed by atoms with van der Waals surface area (Å²) in [6.07, 6.45) is 3.48. The zero-order valence-corrected chi connectivity index (χ0v) is 10.4. The maximum absolute atomic E-state index is 11.1. The first kappa shape index (κ1) is 13.0. The molecule has 0 heterocycles. The Labute approximate surface area is 102 Å². The molecule has 0 bridgehead atoms. The first-order valence-electron chi connectivity index (χ1n) is 5.27. The first-order valence-corrected chi connectivity index (χ1v) is 5.27. The molecule has 3 heteroatoms. The van der Waals surface area contributed by atoms with Gasteiger partial charge in [-0.05, 0) is 23.8 Å². The third kappa shape index (κ3) is 3.79. The van der Waals surface area contributed by atoms with Crippen molar-refractivity contribution in [2.24, 2.45) is 0 Å². The number of hydrogen-bond acceptors (Lipinski definition) is 3. The van der Waals surface area contributed by atoms with Crippen LogP contribution in [0.5, 0.6) is 0 Å². The van der Waals surface area contributed by atoms with Crippen molar-refractivity contribution in [3.8, 4) is 0 Å². The summed E-state index contributed by atoms with van der Waals surface area (Å²) in [5.74, 6) is -0.411. The van der Waals surface area contributed by atoms with E-state index in [-0.39, 0.29) is 0 Å². The molecule has 1 aromatic carbocycles. The van der Waals surface area contributed by atoms with Crippen LogP contribution in [0.1, 0.15) is 5.56 Å². The molecular weight excluding hydrogens is 214 g/mol. The van der Waals surface area contributed by atoms with Crippen molar-refractivity contribution in [3.05, 3.63) is 48.1 Å². The van der Waals surface area contributed by atoms with Crippen LogP contribution in [0.15, 0.2) is 42.5 Å². The van der Waals surface area contributed by atoms with Crippen molar-refractivity contribution in [3.63, 3.8) is 0 Å². The number of anilines is 1. The highest BCUT2D eigenvalue weighted by Gasteiger charge is 2.01. The van der Waals surface area contributed by atoms with E-state index in [9.17, 15) is 4.79 Å². The fourth-order valence-corrected chi connectivity index (χ4v) is 1.28. The van der Waals surface area contributed by atoms with E-state index in [1.165, 1.54) is 7.11 Å². The third-order valence-electron chi connectivity index (χ3n) is 2.33. The molecule has 3 nitrogen and oxygen atoms in total. The fraction of sp³-hybridized carbons (Fsp3) is 0.214. The Balaban J connectivity index is 2.72. The molecule has 0 saturated heterocycles. The Kier molecular flexibility index (Phi) is 4.52. The molecule has 0 amide bonds. The summed E-state index contributed by atoms with van der Waals surface area (Å²) in [6.45, 7) is 3.62. The highest BCUT2D eigenvalue weighted by Crippen LogP contribution is 2.13. The molecule has 0 aliphatic rings. The fourth-order valence-electron chi connectivity index (χ4n) is 1.28. The normalized spacial score (nSPS) is 10.3. The summed E-state index contributed by atoms with van der Waals surface area (Å²) in [6, 6.07) is 7.99. The molecule has 1 rings (SSSR count). The second-order valence-corrected chi connectivity index (χ2v) is 3.84. The lowest BCUT2D eigenvalue weighted by atomic mass is 10.1. The minimum Gasteiger partial charge on any atom is -0.465 e. The largest absolute Gasteiger partial charge is 0.465 e. The van der Waals surface area contributed by atoms with Gasteiger partial charge in [0.05, 0.1) is 12.7 Å². The van der Waals surface area contributed by atoms with Gasteiger partial charge in [0.25, 0.3) is 0 Å². The Bertz CT molecular complexity index is 430. The smallest absolute Gasteiger partial charge is 0.337 e. The Morgan fingerprint density at radius 2 is 1.88 bits per heavy atom. The van der Waals surface area contributed by atoms with Crippen LogP contribution in [0, 0.1) is 0 Å². The maximum atomic E-state index is 11.1. The van der Waals surface area contributed by atoms with Crippen molar-refractivity contribution >= 4 is 17.7 Å². The lowest BCUT2D eigenvalue weighted by Crippen LogP contribution is -2.07.